The van der Waals surface area contributed by atoms with E-state index in [2.05, 4.69) is 4.98 Å². The standard InChI is InChI=1S/C11H13F3N2O/c1-10(2,6-15)9(17)7-5-16-4-3-8(7)11(12,13)14/h3-5H,6,15H2,1-2H3. The maximum Gasteiger partial charge on any atom is 0.417 e. The van der Waals surface area contributed by atoms with Crippen molar-refractivity contribution >= 4 is 5.78 Å². The first-order valence-electron chi connectivity index (χ1n) is 4.96. The van der Waals surface area contributed by atoms with Crippen LogP contribution in [0.4, 0.5) is 13.2 Å². The quantitative estimate of drug-likeness (QED) is 0.832. The normalized spacial score (nSPS) is 12.6. The second-order valence-corrected chi connectivity index (χ2v) is 4.34. The molecule has 1 aromatic rings. The van der Waals surface area contributed by atoms with Crippen LogP contribution in [0.25, 0.3) is 0 Å². The highest BCUT2D eigenvalue weighted by Crippen LogP contribution is 2.34. The molecule has 0 aliphatic rings. The molecule has 0 aliphatic heterocycles. The number of nitrogens with two attached hydrogens (primary N) is 1. The maximum absolute atomic E-state index is 12.7. The number of nitrogens with zero attached hydrogens (tertiary/aromatic N) is 1. The zero-order valence-corrected chi connectivity index (χ0v) is 9.51. The molecule has 0 unspecified atom stereocenters. The average Bonchev–Trinajstić information content (AvgIpc) is 2.27. The molecule has 0 fully saturated rings. The van der Waals surface area contributed by atoms with Crippen LogP contribution in [0, 0.1) is 5.41 Å². The molecular formula is C11H13F3N2O. The van der Waals surface area contributed by atoms with Gasteiger partial charge in [0.05, 0.1) is 5.56 Å². The highest BCUT2D eigenvalue weighted by Gasteiger charge is 2.38. The van der Waals surface area contributed by atoms with Crippen molar-refractivity contribution in [3.8, 4) is 0 Å². The maximum atomic E-state index is 12.7. The zero-order valence-electron chi connectivity index (χ0n) is 9.51. The van der Waals surface area contributed by atoms with Gasteiger partial charge < -0.3 is 5.73 Å². The van der Waals surface area contributed by atoms with Crippen LogP contribution in [0.5, 0.6) is 0 Å². The summed E-state index contributed by atoms with van der Waals surface area (Å²) in [7, 11) is 0. The number of aromatic nitrogens is 1. The molecule has 17 heavy (non-hydrogen) atoms. The number of alkyl halides is 3. The Kier molecular flexibility index (Phi) is 3.56. The van der Waals surface area contributed by atoms with Gasteiger partial charge in [-0.1, -0.05) is 13.8 Å². The largest absolute Gasteiger partial charge is 0.417 e. The summed E-state index contributed by atoms with van der Waals surface area (Å²) in [6.07, 6.45) is -2.63. The number of hydrogen-bond acceptors (Lipinski definition) is 3. The number of hydrogen-bond donors (Lipinski definition) is 1. The first-order valence-corrected chi connectivity index (χ1v) is 4.96. The van der Waals surface area contributed by atoms with Crippen molar-refractivity contribution in [2.45, 2.75) is 20.0 Å². The Hall–Kier alpha value is -1.43. The van der Waals surface area contributed by atoms with Crippen LogP contribution >= 0.6 is 0 Å². The van der Waals surface area contributed by atoms with Gasteiger partial charge in [0.25, 0.3) is 0 Å². The molecule has 1 heterocycles. The van der Waals surface area contributed by atoms with Gasteiger partial charge in [-0.05, 0) is 6.07 Å². The summed E-state index contributed by atoms with van der Waals surface area (Å²) in [5, 5.41) is 0. The summed E-state index contributed by atoms with van der Waals surface area (Å²) in [6.45, 7) is 2.98. The van der Waals surface area contributed by atoms with Gasteiger partial charge in [-0.15, -0.1) is 0 Å². The van der Waals surface area contributed by atoms with E-state index in [1.165, 1.54) is 13.8 Å². The van der Waals surface area contributed by atoms with E-state index in [4.69, 9.17) is 5.73 Å². The zero-order chi connectivity index (χ0) is 13.3. The fourth-order valence-electron chi connectivity index (χ4n) is 1.28. The molecular weight excluding hydrogens is 233 g/mol. The van der Waals surface area contributed by atoms with E-state index >= 15 is 0 Å². The Balaban J connectivity index is 3.29. The molecule has 2 N–H and O–H groups in total. The lowest BCUT2D eigenvalue weighted by Crippen LogP contribution is -2.34. The molecule has 0 aromatic carbocycles. The van der Waals surface area contributed by atoms with Gasteiger partial charge in [-0.3, -0.25) is 9.78 Å². The van der Waals surface area contributed by atoms with Gasteiger partial charge in [-0.25, -0.2) is 0 Å². The fourth-order valence-corrected chi connectivity index (χ4v) is 1.28. The molecule has 0 saturated heterocycles. The van der Waals surface area contributed by atoms with Gasteiger partial charge >= 0.3 is 6.18 Å². The monoisotopic (exact) mass is 246 g/mol. The van der Waals surface area contributed by atoms with E-state index in [1.807, 2.05) is 0 Å². The summed E-state index contributed by atoms with van der Waals surface area (Å²) in [5.41, 5.74) is 2.93. The molecule has 0 radical (unpaired) electrons. The molecule has 6 heteroatoms. The van der Waals surface area contributed by atoms with Crippen LogP contribution < -0.4 is 5.73 Å². The summed E-state index contributed by atoms with van der Waals surface area (Å²) in [5.74, 6) is -0.652. The molecule has 0 saturated carbocycles. The molecule has 1 rings (SSSR count). The topological polar surface area (TPSA) is 56.0 Å². The highest BCUT2D eigenvalue weighted by atomic mass is 19.4. The number of halogens is 3. The van der Waals surface area contributed by atoms with E-state index in [0.717, 1.165) is 18.5 Å². The van der Waals surface area contributed by atoms with Crippen molar-refractivity contribution in [3.05, 3.63) is 29.6 Å². The Morgan fingerprint density at radius 1 is 1.41 bits per heavy atom. The van der Waals surface area contributed by atoms with Gasteiger partial charge in [-0.2, -0.15) is 13.2 Å². The number of carbonyl (C=O) groups is 1. The minimum atomic E-state index is -4.57. The Labute approximate surface area is 96.8 Å². The fraction of sp³-hybridized carbons (Fsp3) is 0.455. The average molecular weight is 246 g/mol. The van der Waals surface area contributed by atoms with Crippen LogP contribution in [-0.2, 0) is 6.18 Å². The van der Waals surface area contributed by atoms with E-state index < -0.39 is 28.5 Å². The third-order valence-electron chi connectivity index (χ3n) is 2.50. The Morgan fingerprint density at radius 3 is 2.47 bits per heavy atom. The van der Waals surface area contributed by atoms with E-state index in [1.54, 1.807) is 0 Å². The number of rotatable bonds is 3. The Morgan fingerprint density at radius 2 is 2.00 bits per heavy atom. The van der Waals surface area contributed by atoms with Gasteiger partial charge in [0.1, 0.15) is 0 Å². The lowest BCUT2D eigenvalue weighted by atomic mass is 9.83. The van der Waals surface area contributed by atoms with Crippen LogP contribution in [-0.4, -0.2) is 17.3 Å². The van der Waals surface area contributed by atoms with Crippen molar-refractivity contribution in [1.82, 2.24) is 4.98 Å². The number of ketones is 1. The Bertz CT molecular complexity index is 427. The third-order valence-corrected chi connectivity index (χ3v) is 2.50. The molecule has 0 bridgehead atoms. The van der Waals surface area contributed by atoms with Crippen LogP contribution in [0.2, 0.25) is 0 Å². The van der Waals surface area contributed by atoms with Crippen molar-refractivity contribution < 1.29 is 18.0 Å². The lowest BCUT2D eigenvalue weighted by molar-refractivity contribution is -0.138. The molecule has 1 aromatic heterocycles. The molecule has 94 valence electrons. The SMILES string of the molecule is CC(C)(CN)C(=O)c1cnccc1C(F)(F)F. The smallest absolute Gasteiger partial charge is 0.329 e. The second-order valence-electron chi connectivity index (χ2n) is 4.34. The summed E-state index contributed by atoms with van der Waals surface area (Å²) < 4.78 is 38.1. The molecule has 0 aliphatic carbocycles. The van der Waals surface area contributed by atoms with Crippen molar-refractivity contribution in [3.63, 3.8) is 0 Å². The van der Waals surface area contributed by atoms with E-state index in [9.17, 15) is 18.0 Å². The molecule has 3 nitrogen and oxygen atoms in total. The summed E-state index contributed by atoms with van der Waals surface area (Å²) in [4.78, 5) is 15.5. The summed E-state index contributed by atoms with van der Waals surface area (Å²) >= 11 is 0. The number of carbonyl (C=O) groups excluding carboxylic acids is 1. The molecule has 0 atom stereocenters. The number of pyridine rings is 1. The minimum Gasteiger partial charge on any atom is -0.329 e. The number of Topliss-reactive ketones (excluding diaryl/α,β-unsaturated/α-hetero) is 1. The van der Waals surface area contributed by atoms with Crippen molar-refractivity contribution in [2.75, 3.05) is 6.54 Å². The van der Waals surface area contributed by atoms with Gasteiger partial charge in [0.15, 0.2) is 5.78 Å². The van der Waals surface area contributed by atoms with Gasteiger partial charge in [0, 0.05) is 29.9 Å². The summed E-state index contributed by atoms with van der Waals surface area (Å²) in [6, 6.07) is 0.791. The second kappa shape index (κ2) is 4.44. The van der Waals surface area contributed by atoms with Crippen LogP contribution in [0.1, 0.15) is 29.8 Å². The van der Waals surface area contributed by atoms with E-state index in [0.29, 0.717) is 0 Å². The predicted octanol–water partition coefficient (Wildman–Crippen LogP) is 2.27. The molecule has 0 spiro atoms. The highest BCUT2D eigenvalue weighted by molar-refractivity contribution is 6.01. The van der Waals surface area contributed by atoms with E-state index in [-0.39, 0.29) is 6.54 Å². The van der Waals surface area contributed by atoms with Crippen molar-refractivity contribution in [1.29, 1.82) is 0 Å². The lowest BCUT2D eigenvalue weighted by Gasteiger charge is -2.22. The first kappa shape index (κ1) is 13.6. The minimum absolute atomic E-state index is 0.0297. The first-order chi connectivity index (χ1) is 7.70. The third kappa shape index (κ3) is 2.82. The predicted molar refractivity (Wildman–Crippen MR) is 56.4 cm³/mol. The van der Waals surface area contributed by atoms with Crippen LogP contribution in [0.15, 0.2) is 18.5 Å². The van der Waals surface area contributed by atoms with Crippen LogP contribution in [0.3, 0.4) is 0 Å². The van der Waals surface area contributed by atoms with Crippen molar-refractivity contribution in [2.24, 2.45) is 11.1 Å². The van der Waals surface area contributed by atoms with Gasteiger partial charge in [0.2, 0.25) is 0 Å². The molecule has 0 amide bonds.